The van der Waals surface area contributed by atoms with Crippen molar-refractivity contribution in [1.29, 1.82) is 0 Å². The fourth-order valence-corrected chi connectivity index (χ4v) is 2.56. The third-order valence-electron chi connectivity index (χ3n) is 3.72. The smallest absolute Gasteiger partial charge is 0.416 e. The van der Waals surface area contributed by atoms with E-state index in [9.17, 15) is 22.0 Å². The number of hydrogen-bond acceptors (Lipinski definition) is 3. The van der Waals surface area contributed by atoms with Crippen molar-refractivity contribution in [2.24, 2.45) is 0 Å². The maximum Gasteiger partial charge on any atom is 0.416 e. The van der Waals surface area contributed by atoms with Crippen LogP contribution in [-0.4, -0.2) is 23.7 Å². The molecule has 0 fully saturated rings. The van der Waals surface area contributed by atoms with Crippen LogP contribution >= 0.6 is 0 Å². The SMILES string of the molecule is COC(c1ccc(C(F)(F)F)cc1)c1nc2cc(OC(F)F)ccc2[nH]1. The van der Waals surface area contributed by atoms with Gasteiger partial charge in [0.15, 0.2) is 0 Å². The second-order valence-corrected chi connectivity index (χ2v) is 5.42. The number of hydrogen-bond donors (Lipinski definition) is 1. The highest BCUT2D eigenvalue weighted by molar-refractivity contribution is 5.77. The zero-order chi connectivity index (χ0) is 18.9. The van der Waals surface area contributed by atoms with Gasteiger partial charge in [-0.3, -0.25) is 0 Å². The Balaban J connectivity index is 1.92. The summed E-state index contributed by atoms with van der Waals surface area (Å²) in [6, 6.07) is 8.72. The molecular formula is C17H13F5N2O2. The molecule has 1 heterocycles. The van der Waals surface area contributed by atoms with Crippen molar-refractivity contribution in [3.63, 3.8) is 0 Å². The van der Waals surface area contributed by atoms with E-state index >= 15 is 0 Å². The summed E-state index contributed by atoms with van der Waals surface area (Å²) < 4.78 is 72.3. The summed E-state index contributed by atoms with van der Waals surface area (Å²) in [6.07, 6.45) is -5.18. The molecule has 9 heteroatoms. The molecule has 138 valence electrons. The van der Waals surface area contributed by atoms with Gasteiger partial charge in [-0.1, -0.05) is 12.1 Å². The number of H-pyrrole nitrogens is 1. The highest BCUT2D eigenvalue weighted by atomic mass is 19.4. The topological polar surface area (TPSA) is 47.1 Å². The zero-order valence-electron chi connectivity index (χ0n) is 13.3. The van der Waals surface area contributed by atoms with Gasteiger partial charge < -0.3 is 14.5 Å². The Kier molecular flexibility index (Phi) is 4.82. The van der Waals surface area contributed by atoms with Gasteiger partial charge in [0, 0.05) is 13.2 Å². The Morgan fingerprint density at radius 1 is 1.04 bits per heavy atom. The van der Waals surface area contributed by atoms with Crippen molar-refractivity contribution in [3.05, 3.63) is 59.4 Å². The first-order valence-electron chi connectivity index (χ1n) is 7.42. The van der Waals surface area contributed by atoms with Crippen molar-refractivity contribution in [2.45, 2.75) is 18.9 Å². The molecule has 4 nitrogen and oxygen atoms in total. The van der Waals surface area contributed by atoms with Crippen LogP contribution in [0, 0.1) is 0 Å². The third kappa shape index (κ3) is 3.77. The summed E-state index contributed by atoms with van der Waals surface area (Å²) in [5.41, 5.74) is 0.612. The third-order valence-corrected chi connectivity index (χ3v) is 3.72. The van der Waals surface area contributed by atoms with E-state index in [1.807, 2.05) is 0 Å². The van der Waals surface area contributed by atoms with Gasteiger partial charge in [-0.05, 0) is 29.8 Å². The van der Waals surface area contributed by atoms with Gasteiger partial charge in [0.2, 0.25) is 0 Å². The minimum Gasteiger partial charge on any atom is -0.435 e. The van der Waals surface area contributed by atoms with Crippen LogP contribution in [0.15, 0.2) is 42.5 Å². The Morgan fingerprint density at radius 2 is 1.73 bits per heavy atom. The number of benzene rings is 2. The minimum absolute atomic E-state index is 0.0472. The first kappa shape index (κ1) is 18.1. The van der Waals surface area contributed by atoms with Gasteiger partial charge in [0.05, 0.1) is 16.6 Å². The molecule has 1 aromatic heterocycles. The van der Waals surface area contributed by atoms with E-state index in [0.29, 0.717) is 22.4 Å². The van der Waals surface area contributed by atoms with E-state index in [1.54, 1.807) is 0 Å². The van der Waals surface area contributed by atoms with E-state index in [-0.39, 0.29) is 5.75 Å². The summed E-state index contributed by atoms with van der Waals surface area (Å²) in [5, 5.41) is 0. The molecule has 26 heavy (non-hydrogen) atoms. The predicted octanol–water partition coefficient (Wildman–Crippen LogP) is 4.92. The fourth-order valence-electron chi connectivity index (χ4n) is 2.56. The molecule has 0 saturated carbocycles. The maximum absolute atomic E-state index is 12.7. The molecule has 0 aliphatic carbocycles. The molecule has 1 atom stereocenters. The quantitative estimate of drug-likeness (QED) is 0.647. The zero-order valence-corrected chi connectivity index (χ0v) is 13.3. The molecule has 1 N–H and O–H groups in total. The number of aromatic amines is 1. The molecule has 0 bridgehead atoms. The number of rotatable bonds is 5. The molecule has 0 amide bonds. The molecule has 3 aromatic rings. The van der Waals surface area contributed by atoms with Crippen LogP contribution < -0.4 is 4.74 Å². The summed E-state index contributed by atoms with van der Waals surface area (Å²) in [7, 11) is 1.39. The van der Waals surface area contributed by atoms with Crippen molar-refractivity contribution >= 4 is 11.0 Å². The Morgan fingerprint density at radius 3 is 2.31 bits per heavy atom. The highest BCUT2D eigenvalue weighted by Gasteiger charge is 2.30. The number of nitrogens with zero attached hydrogens (tertiary/aromatic N) is 1. The van der Waals surface area contributed by atoms with Crippen molar-refractivity contribution in [3.8, 4) is 5.75 Å². The lowest BCUT2D eigenvalue weighted by molar-refractivity contribution is -0.137. The Hall–Kier alpha value is -2.68. The van der Waals surface area contributed by atoms with Crippen LogP contribution in [0.2, 0.25) is 0 Å². The molecule has 0 radical (unpaired) electrons. The molecule has 0 aliphatic rings. The van der Waals surface area contributed by atoms with Crippen LogP contribution in [0.5, 0.6) is 5.75 Å². The first-order chi connectivity index (χ1) is 12.3. The molecule has 0 aliphatic heterocycles. The first-order valence-corrected chi connectivity index (χ1v) is 7.42. The molecule has 3 rings (SSSR count). The predicted molar refractivity (Wildman–Crippen MR) is 83.0 cm³/mol. The largest absolute Gasteiger partial charge is 0.435 e. The standard InChI is InChI=1S/C17H13F5N2O2/c1-25-14(9-2-4-10(5-3-9)17(20,21)22)15-23-12-7-6-11(26-16(18)19)8-13(12)24-15/h2-8,14,16H,1H3,(H,23,24). The average Bonchev–Trinajstić information content (AvgIpc) is 2.97. The molecule has 0 saturated heterocycles. The second-order valence-electron chi connectivity index (χ2n) is 5.42. The Bertz CT molecular complexity index is 890. The number of halogens is 5. The van der Waals surface area contributed by atoms with Crippen molar-refractivity contribution in [2.75, 3.05) is 7.11 Å². The number of nitrogens with one attached hydrogen (secondary N) is 1. The molecule has 1 unspecified atom stereocenters. The van der Waals surface area contributed by atoms with Gasteiger partial charge in [-0.15, -0.1) is 0 Å². The van der Waals surface area contributed by atoms with Crippen LogP contribution in [0.25, 0.3) is 11.0 Å². The van der Waals surface area contributed by atoms with Gasteiger partial charge in [-0.2, -0.15) is 22.0 Å². The number of fused-ring (bicyclic) bond motifs is 1. The number of alkyl halides is 5. The second kappa shape index (κ2) is 6.91. The van der Waals surface area contributed by atoms with E-state index in [0.717, 1.165) is 12.1 Å². The molecule has 2 aromatic carbocycles. The van der Waals surface area contributed by atoms with Gasteiger partial charge in [-0.25, -0.2) is 4.98 Å². The number of imidazole rings is 1. The van der Waals surface area contributed by atoms with Crippen LogP contribution in [0.4, 0.5) is 22.0 Å². The Labute approximate surface area is 144 Å². The van der Waals surface area contributed by atoms with Crippen LogP contribution in [0.1, 0.15) is 23.1 Å². The lowest BCUT2D eigenvalue weighted by atomic mass is 10.1. The monoisotopic (exact) mass is 372 g/mol. The lowest BCUT2D eigenvalue weighted by Crippen LogP contribution is -2.08. The lowest BCUT2D eigenvalue weighted by Gasteiger charge is -2.14. The van der Waals surface area contributed by atoms with Gasteiger partial charge >= 0.3 is 12.8 Å². The van der Waals surface area contributed by atoms with Gasteiger partial charge in [0.1, 0.15) is 17.7 Å². The molecular weight excluding hydrogens is 359 g/mol. The summed E-state index contributed by atoms with van der Waals surface area (Å²) >= 11 is 0. The minimum atomic E-state index is -4.43. The maximum atomic E-state index is 12.7. The summed E-state index contributed by atoms with van der Waals surface area (Å²) in [5.74, 6) is 0.283. The fraction of sp³-hybridized carbons (Fsp3) is 0.235. The normalized spacial score (nSPS) is 13.3. The molecule has 0 spiro atoms. The van der Waals surface area contributed by atoms with Crippen molar-refractivity contribution < 1.29 is 31.4 Å². The van der Waals surface area contributed by atoms with E-state index in [2.05, 4.69) is 14.7 Å². The van der Waals surface area contributed by atoms with E-state index in [1.165, 1.54) is 37.4 Å². The van der Waals surface area contributed by atoms with Crippen LogP contribution in [-0.2, 0) is 10.9 Å². The summed E-state index contributed by atoms with van der Waals surface area (Å²) in [6.45, 7) is -2.95. The average molecular weight is 372 g/mol. The van der Waals surface area contributed by atoms with Crippen molar-refractivity contribution in [1.82, 2.24) is 9.97 Å². The number of methoxy groups -OCH3 is 1. The van der Waals surface area contributed by atoms with E-state index in [4.69, 9.17) is 4.74 Å². The summed E-state index contributed by atoms with van der Waals surface area (Å²) in [4.78, 5) is 7.24. The number of aromatic nitrogens is 2. The van der Waals surface area contributed by atoms with E-state index < -0.39 is 24.5 Å². The van der Waals surface area contributed by atoms with Crippen LogP contribution in [0.3, 0.4) is 0 Å². The van der Waals surface area contributed by atoms with Gasteiger partial charge in [0.25, 0.3) is 0 Å². The highest BCUT2D eigenvalue weighted by Crippen LogP contribution is 2.32. The number of ether oxygens (including phenoxy) is 2.